The molecule has 1 aliphatic heterocycles. The number of hydrogen-bond acceptors (Lipinski definition) is 4. The Hall–Kier alpha value is -1.98. The highest BCUT2D eigenvalue weighted by Gasteiger charge is 2.61. The lowest BCUT2D eigenvalue weighted by molar-refractivity contribution is -0.0620. The van der Waals surface area contributed by atoms with Crippen molar-refractivity contribution in [1.29, 1.82) is 0 Å². The third-order valence-corrected chi connectivity index (χ3v) is 12.5. The maximum atomic E-state index is 12.8. The Morgan fingerprint density at radius 2 is 1.68 bits per heavy atom. The van der Waals surface area contributed by atoms with Crippen molar-refractivity contribution in [3.63, 3.8) is 0 Å². The van der Waals surface area contributed by atoms with Crippen molar-refractivity contribution in [2.45, 2.75) is 104 Å². The number of carbonyl (C=O) groups is 2. The number of fused-ring (bicyclic) bond motifs is 6. The quantitative estimate of drug-likeness (QED) is 0.296. The van der Waals surface area contributed by atoms with Crippen molar-refractivity contribution in [2.24, 2.45) is 46.3 Å². The molecule has 2 N–H and O–H groups in total. The van der Waals surface area contributed by atoms with Crippen LogP contribution in [0.5, 0.6) is 0 Å². The molecule has 5 nitrogen and oxygen atoms in total. The molecule has 6 rings (SSSR count). The highest BCUT2D eigenvalue weighted by atomic mass is 16.3. The summed E-state index contributed by atoms with van der Waals surface area (Å²) in [6, 6.07) is 7.13. The second-order valence-electron chi connectivity index (χ2n) is 14.8. The molecule has 2 amide bonds. The van der Waals surface area contributed by atoms with Gasteiger partial charge in [-0.05, 0) is 110 Å². The van der Waals surface area contributed by atoms with E-state index in [1.54, 1.807) is 12.1 Å². The lowest BCUT2D eigenvalue weighted by Crippen LogP contribution is -2.51. The number of imide groups is 1. The number of allylic oxidation sites excluding steroid dienone is 1. The molecule has 40 heavy (non-hydrogen) atoms. The van der Waals surface area contributed by atoms with E-state index in [0.29, 0.717) is 47.3 Å². The zero-order chi connectivity index (χ0) is 28.4. The number of aliphatic hydroxyl groups excluding tert-OH is 2. The number of benzene rings is 1. The third kappa shape index (κ3) is 4.42. The van der Waals surface area contributed by atoms with E-state index in [9.17, 15) is 19.8 Å². The predicted octanol–water partition coefficient (Wildman–Crippen LogP) is 6.64. The minimum atomic E-state index is -0.231. The second kappa shape index (κ2) is 10.4. The minimum absolute atomic E-state index is 0.160. The highest BCUT2D eigenvalue weighted by Crippen LogP contribution is 2.67. The van der Waals surface area contributed by atoms with Crippen LogP contribution in [0.2, 0.25) is 0 Å². The highest BCUT2D eigenvalue weighted by molar-refractivity contribution is 6.21. The van der Waals surface area contributed by atoms with Gasteiger partial charge in [0.25, 0.3) is 11.8 Å². The van der Waals surface area contributed by atoms with Crippen molar-refractivity contribution in [1.82, 2.24) is 4.90 Å². The van der Waals surface area contributed by atoms with Crippen LogP contribution >= 0.6 is 0 Å². The molecular formula is C35H49NO4. The maximum Gasteiger partial charge on any atom is 0.261 e. The standard InChI is InChI=1S/C35H49NO4/c1-21(20-36-32(39)25-10-5-6-11-26(25)33(36)40)8-7-9-22(2)31-30(38)19-29-27-13-12-23-18-24(37)14-16-34(23,3)28(27)15-17-35(29,31)4/h5-6,10-12,21-22,24,27-31,37-38H,7-9,13-20H2,1-4H3/t21-,22-,24?,27-,28+,29+,30+,31+,34+,35+/m1/s1. The molecule has 0 bridgehead atoms. The summed E-state index contributed by atoms with van der Waals surface area (Å²) < 4.78 is 0. The van der Waals surface area contributed by atoms with E-state index in [1.165, 1.54) is 23.3 Å². The summed E-state index contributed by atoms with van der Waals surface area (Å²) >= 11 is 0. The molecule has 1 unspecified atom stereocenters. The van der Waals surface area contributed by atoms with E-state index in [1.807, 2.05) is 12.1 Å². The summed E-state index contributed by atoms with van der Waals surface area (Å²) in [5.41, 5.74) is 2.98. The number of carbonyl (C=O) groups excluding carboxylic acids is 2. The Labute approximate surface area is 240 Å². The molecular weight excluding hydrogens is 498 g/mol. The van der Waals surface area contributed by atoms with E-state index in [2.05, 4.69) is 33.8 Å². The maximum absolute atomic E-state index is 12.8. The monoisotopic (exact) mass is 547 g/mol. The Morgan fingerprint density at radius 3 is 2.38 bits per heavy atom. The fourth-order valence-corrected chi connectivity index (χ4v) is 10.5. The molecule has 0 spiro atoms. The van der Waals surface area contributed by atoms with Crippen molar-refractivity contribution in [3.05, 3.63) is 47.0 Å². The normalized spacial score (nSPS) is 40.1. The predicted molar refractivity (Wildman–Crippen MR) is 157 cm³/mol. The van der Waals surface area contributed by atoms with Gasteiger partial charge in [0.05, 0.1) is 23.3 Å². The first-order valence-corrected chi connectivity index (χ1v) is 16.1. The Morgan fingerprint density at radius 1 is 0.975 bits per heavy atom. The van der Waals surface area contributed by atoms with Gasteiger partial charge in [0.1, 0.15) is 0 Å². The molecule has 0 saturated heterocycles. The van der Waals surface area contributed by atoms with Gasteiger partial charge >= 0.3 is 0 Å². The molecule has 0 aromatic heterocycles. The average Bonchev–Trinajstić information content (AvgIpc) is 3.33. The van der Waals surface area contributed by atoms with Gasteiger partial charge in [-0.2, -0.15) is 0 Å². The topological polar surface area (TPSA) is 77.8 Å². The largest absolute Gasteiger partial charge is 0.393 e. The molecule has 1 heterocycles. The smallest absolute Gasteiger partial charge is 0.261 e. The lowest BCUT2D eigenvalue weighted by atomic mass is 9.47. The van der Waals surface area contributed by atoms with Crippen LogP contribution in [-0.4, -0.2) is 45.7 Å². The van der Waals surface area contributed by atoms with Crippen LogP contribution in [0.4, 0.5) is 0 Å². The van der Waals surface area contributed by atoms with Crippen LogP contribution in [0.1, 0.15) is 113 Å². The zero-order valence-electron chi connectivity index (χ0n) is 24.9. The van der Waals surface area contributed by atoms with Gasteiger partial charge in [0.15, 0.2) is 0 Å². The number of aliphatic hydroxyl groups is 2. The van der Waals surface area contributed by atoms with Crippen molar-refractivity contribution in [2.75, 3.05) is 6.54 Å². The Balaban J connectivity index is 1.06. The van der Waals surface area contributed by atoms with Crippen LogP contribution in [0, 0.1) is 46.3 Å². The fourth-order valence-electron chi connectivity index (χ4n) is 10.5. The van der Waals surface area contributed by atoms with Gasteiger partial charge in [-0.3, -0.25) is 14.5 Å². The summed E-state index contributed by atoms with van der Waals surface area (Å²) in [5, 5.41) is 21.8. The Kier molecular flexibility index (Phi) is 7.31. The third-order valence-electron chi connectivity index (χ3n) is 12.5. The van der Waals surface area contributed by atoms with Crippen LogP contribution < -0.4 is 0 Å². The average molecular weight is 548 g/mol. The van der Waals surface area contributed by atoms with Gasteiger partial charge in [0, 0.05) is 6.54 Å². The summed E-state index contributed by atoms with van der Waals surface area (Å²) in [4.78, 5) is 27.0. The van der Waals surface area contributed by atoms with E-state index in [0.717, 1.165) is 51.4 Å². The molecule has 10 atom stereocenters. The van der Waals surface area contributed by atoms with Crippen LogP contribution in [0.15, 0.2) is 35.9 Å². The summed E-state index contributed by atoms with van der Waals surface area (Å²) in [5.74, 6) is 2.61. The van der Waals surface area contributed by atoms with Gasteiger partial charge in [-0.25, -0.2) is 0 Å². The molecule has 218 valence electrons. The molecule has 1 aromatic rings. The van der Waals surface area contributed by atoms with E-state index >= 15 is 0 Å². The van der Waals surface area contributed by atoms with Crippen molar-refractivity contribution < 1.29 is 19.8 Å². The number of amides is 2. The Bertz CT molecular complexity index is 1160. The summed E-state index contributed by atoms with van der Waals surface area (Å²) in [6.45, 7) is 9.93. The molecule has 3 fully saturated rings. The molecule has 3 saturated carbocycles. The molecule has 4 aliphatic carbocycles. The molecule has 0 radical (unpaired) electrons. The first-order chi connectivity index (χ1) is 19.0. The van der Waals surface area contributed by atoms with Gasteiger partial charge < -0.3 is 10.2 Å². The van der Waals surface area contributed by atoms with Crippen molar-refractivity contribution >= 4 is 11.8 Å². The van der Waals surface area contributed by atoms with E-state index in [4.69, 9.17) is 0 Å². The molecule has 1 aromatic carbocycles. The SMILES string of the molecule is C[C@H](CCC[C@@H](C)[C@H]1[C@@H](O)C[C@H]2[C@@H]3CC=C4CC(O)CC[C@]4(C)[C@H]3CC[C@]12C)CN1C(=O)c2ccccc2C1=O. The van der Waals surface area contributed by atoms with Crippen LogP contribution in [0.3, 0.4) is 0 Å². The van der Waals surface area contributed by atoms with Gasteiger partial charge in [0.2, 0.25) is 0 Å². The zero-order valence-corrected chi connectivity index (χ0v) is 24.9. The van der Waals surface area contributed by atoms with Crippen LogP contribution in [-0.2, 0) is 0 Å². The lowest BCUT2D eigenvalue weighted by Gasteiger charge is -2.58. The first-order valence-electron chi connectivity index (χ1n) is 16.1. The summed E-state index contributed by atoms with van der Waals surface area (Å²) in [6.07, 6.45) is 12.6. The summed E-state index contributed by atoms with van der Waals surface area (Å²) in [7, 11) is 0. The van der Waals surface area contributed by atoms with E-state index < -0.39 is 0 Å². The van der Waals surface area contributed by atoms with Crippen molar-refractivity contribution in [3.8, 4) is 0 Å². The van der Waals surface area contributed by atoms with Crippen LogP contribution in [0.25, 0.3) is 0 Å². The van der Waals surface area contributed by atoms with E-state index in [-0.39, 0.29) is 40.8 Å². The molecule has 5 heteroatoms. The van der Waals surface area contributed by atoms with Gasteiger partial charge in [-0.1, -0.05) is 64.3 Å². The number of nitrogens with zero attached hydrogens (tertiary/aromatic N) is 1. The molecule has 5 aliphatic rings. The minimum Gasteiger partial charge on any atom is -0.393 e. The fraction of sp³-hybridized carbons (Fsp3) is 0.714. The van der Waals surface area contributed by atoms with Gasteiger partial charge in [-0.15, -0.1) is 0 Å². The number of rotatable bonds is 7. The number of hydrogen-bond donors (Lipinski definition) is 2. The first kappa shape index (κ1) is 28.2. The second-order valence-corrected chi connectivity index (χ2v) is 14.8.